The summed E-state index contributed by atoms with van der Waals surface area (Å²) in [7, 11) is -3.24. The Kier molecular flexibility index (Phi) is 4.52. The molecule has 2 heterocycles. The smallest absolute Gasteiger partial charge is 0.180 e. The number of rotatable bonds is 5. The average Bonchev–Trinajstić information content (AvgIpc) is 3.04. The molecule has 1 aliphatic rings. The normalized spacial score (nSPS) is 18.1. The van der Waals surface area contributed by atoms with Crippen molar-refractivity contribution in [2.75, 3.05) is 23.7 Å². The Labute approximate surface area is 136 Å². The summed E-state index contributed by atoms with van der Waals surface area (Å²) in [4.78, 5) is 6.54. The highest BCUT2D eigenvalue weighted by molar-refractivity contribution is 7.91. The largest absolute Gasteiger partial charge is 0.487 e. The van der Waals surface area contributed by atoms with Crippen LogP contribution in [0.5, 0.6) is 5.75 Å². The molecule has 122 valence electrons. The van der Waals surface area contributed by atoms with Crippen molar-refractivity contribution in [2.45, 2.75) is 24.3 Å². The first-order chi connectivity index (χ1) is 11.1. The highest BCUT2D eigenvalue weighted by atomic mass is 32.2. The van der Waals surface area contributed by atoms with Crippen LogP contribution in [0.3, 0.4) is 0 Å². The molecule has 1 atom stereocenters. The summed E-state index contributed by atoms with van der Waals surface area (Å²) in [6.07, 6.45) is 4.30. The number of para-hydroxylation sites is 1. The van der Waals surface area contributed by atoms with E-state index in [4.69, 9.17) is 4.74 Å². The zero-order valence-electron chi connectivity index (χ0n) is 13.1. The van der Waals surface area contributed by atoms with Crippen LogP contribution in [0.1, 0.15) is 13.3 Å². The topological polar surface area (TPSA) is 59.5 Å². The van der Waals surface area contributed by atoms with Crippen molar-refractivity contribution < 1.29 is 13.2 Å². The lowest BCUT2D eigenvalue weighted by Gasteiger charge is -2.21. The maximum absolute atomic E-state index is 12.3. The third-order valence-corrected chi connectivity index (χ3v) is 5.78. The van der Waals surface area contributed by atoms with Crippen molar-refractivity contribution in [2.24, 2.45) is 0 Å². The van der Waals surface area contributed by atoms with Crippen LogP contribution in [0, 0.1) is 0 Å². The third-order valence-electron chi connectivity index (χ3n) is 4.00. The first-order valence-electron chi connectivity index (χ1n) is 7.73. The molecule has 23 heavy (non-hydrogen) atoms. The molecule has 2 aromatic rings. The second-order valence-corrected chi connectivity index (χ2v) is 7.78. The Balaban J connectivity index is 1.77. The van der Waals surface area contributed by atoms with E-state index in [9.17, 15) is 8.42 Å². The highest BCUT2D eigenvalue weighted by Gasteiger charge is 2.28. The fourth-order valence-corrected chi connectivity index (χ4v) is 3.90. The van der Waals surface area contributed by atoms with Crippen LogP contribution >= 0.6 is 0 Å². The number of sulfone groups is 1. The minimum Gasteiger partial charge on any atom is -0.487 e. The summed E-state index contributed by atoms with van der Waals surface area (Å²) in [5.74, 6) is 0.849. The summed E-state index contributed by atoms with van der Waals surface area (Å²) in [5.41, 5.74) is 0.770. The van der Waals surface area contributed by atoms with Crippen LogP contribution in [0.15, 0.2) is 53.7 Å². The van der Waals surface area contributed by atoms with Gasteiger partial charge in [-0.15, -0.1) is 0 Å². The first-order valence-corrected chi connectivity index (χ1v) is 9.39. The quantitative estimate of drug-likeness (QED) is 0.842. The van der Waals surface area contributed by atoms with Gasteiger partial charge in [0, 0.05) is 19.2 Å². The van der Waals surface area contributed by atoms with Gasteiger partial charge in [-0.2, -0.15) is 0 Å². The molecule has 0 amide bonds. The number of aromatic nitrogens is 1. The van der Waals surface area contributed by atoms with Crippen LogP contribution in [0.4, 0.5) is 5.69 Å². The van der Waals surface area contributed by atoms with Crippen molar-refractivity contribution >= 4 is 15.5 Å². The lowest BCUT2D eigenvalue weighted by molar-refractivity contribution is 0.224. The van der Waals surface area contributed by atoms with Crippen molar-refractivity contribution in [1.29, 1.82) is 0 Å². The fraction of sp³-hybridized carbons (Fsp3) is 0.353. The molecular formula is C17H20N2O3S. The van der Waals surface area contributed by atoms with Crippen molar-refractivity contribution in [3.05, 3.63) is 48.8 Å². The zero-order chi connectivity index (χ0) is 16.3. The summed E-state index contributed by atoms with van der Waals surface area (Å²) in [6.45, 7) is 3.12. The van der Waals surface area contributed by atoms with Gasteiger partial charge < -0.3 is 9.64 Å². The number of ether oxygens (including phenoxy) is 1. The van der Waals surface area contributed by atoms with Gasteiger partial charge in [-0.25, -0.2) is 8.42 Å². The second-order valence-electron chi connectivity index (χ2n) is 5.53. The predicted octanol–water partition coefficient (Wildman–Crippen LogP) is 2.53. The summed E-state index contributed by atoms with van der Waals surface area (Å²) in [5, 5.41) is 0. The van der Waals surface area contributed by atoms with Crippen molar-refractivity contribution in [3.63, 3.8) is 0 Å². The molecule has 1 aromatic heterocycles. The van der Waals surface area contributed by atoms with Crippen LogP contribution < -0.4 is 9.64 Å². The van der Waals surface area contributed by atoms with E-state index >= 15 is 0 Å². The van der Waals surface area contributed by atoms with E-state index in [1.165, 1.54) is 0 Å². The Morgan fingerprint density at radius 3 is 2.83 bits per heavy atom. The summed E-state index contributed by atoms with van der Waals surface area (Å²) >= 11 is 0. The maximum atomic E-state index is 12.3. The minimum absolute atomic E-state index is 0.0385. The SMILES string of the molecule is CCS(=O)(=O)c1ccccc1N1CC[C@@H](Oc2cccnc2)C1. The highest BCUT2D eigenvalue weighted by Crippen LogP contribution is 2.29. The molecule has 0 N–H and O–H groups in total. The van der Waals surface area contributed by atoms with Gasteiger partial charge in [-0.3, -0.25) is 4.98 Å². The molecule has 0 spiro atoms. The van der Waals surface area contributed by atoms with E-state index in [2.05, 4.69) is 9.88 Å². The predicted molar refractivity (Wildman–Crippen MR) is 89.7 cm³/mol. The van der Waals surface area contributed by atoms with E-state index in [0.717, 1.165) is 24.4 Å². The van der Waals surface area contributed by atoms with E-state index in [0.29, 0.717) is 11.4 Å². The first kappa shape index (κ1) is 15.8. The molecule has 1 aromatic carbocycles. The molecule has 5 nitrogen and oxygen atoms in total. The molecule has 1 fully saturated rings. The van der Waals surface area contributed by atoms with Gasteiger partial charge in [-0.05, 0) is 24.3 Å². The van der Waals surface area contributed by atoms with Gasteiger partial charge >= 0.3 is 0 Å². The molecule has 6 heteroatoms. The van der Waals surface area contributed by atoms with Crippen LogP contribution in [-0.4, -0.2) is 38.3 Å². The maximum Gasteiger partial charge on any atom is 0.180 e. The van der Waals surface area contributed by atoms with Crippen molar-refractivity contribution in [1.82, 2.24) is 4.98 Å². The standard InChI is InChI=1S/C17H20N2O3S/c1-2-23(20,21)17-8-4-3-7-16(17)19-11-9-15(13-19)22-14-6-5-10-18-12-14/h3-8,10,12,15H,2,9,11,13H2,1H3/t15-/m1/s1. The van der Waals surface area contributed by atoms with Gasteiger partial charge in [0.2, 0.25) is 0 Å². The zero-order valence-corrected chi connectivity index (χ0v) is 13.9. The molecule has 0 aliphatic carbocycles. The van der Waals surface area contributed by atoms with E-state index in [-0.39, 0.29) is 11.9 Å². The average molecular weight is 332 g/mol. The third kappa shape index (κ3) is 3.47. The van der Waals surface area contributed by atoms with Crippen LogP contribution in [0.25, 0.3) is 0 Å². The lowest BCUT2D eigenvalue weighted by atomic mass is 10.3. The van der Waals surface area contributed by atoms with Gasteiger partial charge in [0.05, 0.1) is 29.1 Å². The Hall–Kier alpha value is -2.08. The Morgan fingerprint density at radius 1 is 1.26 bits per heavy atom. The number of hydrogen-bond acceptors (Lipinski definition) is 5. The minimum atomic E-state index is -3.24. The molecule has 0 bridgehead atoms. The number of nitrogens with zero attached hydrogens (tertiary/aromatic N) is 2. The molecular weight excluding hydrogens is 312 g/mol. The van der Waals surface area contributed by atoms with Crippen molar-refractivity contribution in [3.8, 4) is 5.75 Å². The fourth-order valence-electron chi connectivity index (χ4n) is 2.79. The van der Waals surface area contributed by atoms with Gasteiger partial charge in [0.1, 0.15) is 11.9 Å². The molecule has 1 saturated heterocycles. The number of pyridine rings is 1. The summed E-state index contributed by atoms with van der Waals surface area (Å²) in [6, 6.07) is 10.9. The van der Waals surface area contributed by atoms with Gasteiger partial charge in [-0.1, -0.05) is 19.1 Å². The molecule has 0 unspecified atom stereocenters. The number of anilines is 1. The monoisotopic (exact) mass is 332 g/mol. The number of benzene rings is 1. The van der Waals surface area contributed by atoms with Crippen LogP contribution in [-0.2, 0) is 9.84 Å². The molecule has 3 rings (SSSR count). The Bertz CT molecular complexity index is 762. The van der Waals surface area contributed by atoms with E-state index in [1.54, 1.807) is 31.5 Å². The van der Waals surface area contributed by atoms with E-state index < -0.39 is 9.84 Å². The lowest BCUT2D eigenvalue weighted by Crippen LogP contribution is -2.26. The molecule has 0 saturated carbocycles. The van der Waals surface area contributed by atoms with Gasteiger partial charge in [0.15, 0.2) is 9.84 Å². The number of hydrogen-bond donors (Lipinski definition) is 0. The second kappa shape index (κ2) is 6.58. The van der Waals surface area contributed by atoms with E-state index in [1.807, 2.05) is 24.3 Å². The molecule has 1 aliphatic heterocycles. The van der Waals surface area contributed by atoms with Gasteiger partial charge in [0.25, 0.3) is 0 Å². The Morgan fingerprint density at radius 2 is 2.09 bits per heavy atom. The van der Waals surface area contributed by atoms with Crippen LogP contribution in [0.2, 0.25) is 0 Å². The summed E-state index contributed by atoms with van der Waals surface area (Å²) < 4.78 is 30.5. The molecule has 0 radical (unpaired) electrons.